The van der Waals surface area contributed by atoms with Crippen LogP contribution in [0.5, 0.6) is 0 Å². The molecule has 0 bridgehead atoms. The van der Waals surface area contributed by atoms with Gasteiger partial charge >= 0.3 is 12.0 Å². The lowest BCUT2D eigenvalue weighted by Gasteiger charge is -2.18. The summed E-state index contributed by atoms with van der Waals surface area (Å²) in [6.07, 6.45) is 0. The average molecular weight is 308 g/mol. The number of urea groups is 1. The van der Waals surface area contributed by atoms with E-state index in [1.807, 2.05) is 5.32 Å². The molecule has 1 aromatic carbocycles. The fourth-order valence-corrected chi connectivity index (χ4v) is 1.49. The first kappa shape index (κ1) is 16.7. The summed E-state index contributed by atoms with van der Waals surface area (Å²) in [5.74, 6) is -8.86. The van der Waals surface area contributed by atoms with Crippen LogP contribution in [0.3, 0.4) is 0 Å². The van der Waals surface area contributed by atoms with Crippen molar-refractivity contribution in [3.05, 3.63) is 29.3 Å². The van der Waals surface area contributed by atoms with Crippen molar-refractivity contribution in [1.82, 2.24) is 5.32 Å². The number of carbonyl (C=O) groups excluding carboxylic acids is 1. The Morgan fingerprint density at radius 3 is 1.95 bits per heavy atom. The first-order chi connectivity index (χ1) is 9.65. The van der Waals surface area contributed by atoms with Crippen LogP contribution in [0.4, 0.5) is 28.0 Å². The summed E-state index contributed by atoms with van der Waals surface area (Å²) < 4.78 is 52.5. The van der Waals surface area contributed by atoms with E-state index in [0.29, 0.717) is 0 Å². The summed E-state index contributed by atoms with van der Waals surface area (Å²) in [5, 5.41) is 12.3. The van der Waals surface area contributed by atoms with E-state index in [9.17, 15) is 27.2 Å². The summed E-state index contributed by atoms with van der Waals surface area (Å²) in [4.78, 5) is 22.4. The number of benzene rings is 1. The van der Waals surface area contributed by atoms with Crippen molar-refractivity contribution in [2.45, 2.75) is 19.9 Å². The molecule has 5 nitrogen and oxygen atoms in total. The lowest BCUT2D eigenvalue weighted by molar-refractivity contribution is -0.140. The monoisotopic (exact) mass is 308 g/mol. The number of halogens is 4. The molecule has 2 amide bonds. The van der Waals surface area contributed by atoms with Crippen LogP contribution in [0.25, 0.3) is 0 Å². The number of carbonyl (C=O) groups is 2. The molecule has 116 valence electrons. The second kappa shape index (κ2) is 6.42. The van der Waals surface area contributed by atoms with E-state index < -0.39 is 52.9 Å². The Bertz CT molecular complexity index is 552. The number of hydrogen-bond acceptors (Lipinski definition) is 2. The van der Waals surface area contributed by atoms with Gasteiger partial charge in [-0.05, 0) is 5.92 Å². The lowest BCUT2D eigenvalue weighted by Crippen LogP contribution is -2.46. The van der Waals surface area contributed by atoms with E-state index in [1.54, 1.807) is 5.32 Å². The van der Waals surface area contributed by atoms with Crippen LogP contribution in [0.1, 0.15) is 13.8 Å². The van der Waals surface area contributed by atoms with Gasteiger partial charge in [0.2, 0.25) is 0 Å². The largest absolute Gasteiger partial charge is 0.480 e. The van der Waals surface area contributed by atoms with Gasteiger partial charge in [-0.3, -0.25) is 0 Å². The van der Waals surface area contributed by atoms with Gasteiger partial charge in [0.15, 0.2) is 23.3 Å². The van der Waals surface area contributed by atoms with E-state index in [-0.39, 0.29) is 6.07 Å². The standard InChI is InChI=1S/C12H12F4N2O3/c1-4(2)9(11(19)20)17-12(21)18-10-7(15)5(13)3-6(14)8(10)16/h3-4,9H,1-2H3,(H,19,20)(H2,17,18,21)/t9-/m0/s1. The van der Waals surface area contributed by atoms with Crippen molar-refractivity contribution < 1.29 is 32.3 Å². The molecule has 0 spiro atoms. The second-order valence-corrected chi connectivity index (χ2v) is 4.50. The molecular weight excluding hydrogens is 296 g/mol. The van der Waals surface area contributed by atoms with Gasteiger partial charge in [0.05, 0.1) is 0 Å². The van der Waals surface area contributed by atoms with Gasteiger partial charge in [-0.15, -0.1) is 0 Å². The van der Waals surface area contributed by atoms with Gasteiger partial charge in [-0.1, -0.05) is 13.8 Å². The normalized spacial score (nSPS) is 12.1. The Hall–Kier alpha value is -2.32. The molecule has 0 unspecified atom stereocenters. The van der Waals surface area contributed by atoms with Crippen molar-refractivity contribution in [2.75, 3.05) is 5.32 Å². The molecule has 1 rings (SSSR count). The molecule has 21 heavy (non-hydrogen) atoms. The lowest BCUT2D eigenvalue weighted by atomic mass is 10.1. The third kappa shape index (κ3) is 3.83. The smallest absolute Gasteiger partial charge is 0.326 e. The van der Waals surface area contributed by atoms with E-state index in [0.717, 1.165) is 0 Å². The molecule has 0 aliphatic heterocycles. The summed E-state index contributed by atoms with van der Waals surface area (Å²) in [7, 11) is 0. The van der Waals surface area contributed by atoms with Crippen LogP contribution >= 0.6 is 0 Å². The summed E-state index contributed by atoms with van der Waals surface area (Å²) in [5.41, 5.74) is -1.34. The van der Waals surface area contributed by atoms with Crippen molar-refractivity contribution in [2.24, 2.45) is 5.92 Å². The minimum atomic E-state index is -1.79. The number of rotatable bonds is 4. The predicted molar refractivity (Wildman–Crippen MR) is 64.7 cm³/mol. The molecule has 0 aromatic heterocycles. The van der Waals surface area contributed by atoms with Gasteiger partial charge in [-0.2, -0.15) is 0 Å². The summed E-state index contributed by atoms with van der Waals surface area (Å²) >= 11 is 0. The summed E-state index contributed by atoms with van der Waals surface area (Å²) in [6, 6.07) is -2.66. The Morgan fingerprint density at radius 1 is 1.10 bits per heavy atom. The highest BCUT2D eigenvalue weighted by atomic mass is 19.2. The van der Waals surface area contributed by atoms with Crippen molar-refractivity contribution in [1.29, 1.82) is 0 Å². The Kier molecular flexibility index (Phi) is 5.12. The molecule has 0 fully saturated rings. The average Bonchev–Trinajstić information content (AvgIpc) is 2.38. The molecule has 1 aromatic rings. The molecule has 3 N–H and O–H groups in total. The third-order valence-corrected chi connectivity index (χ3v) is 2.57. The molecule has 0 saturated heterocycles. The quantitative estimate of drug-likeness (QED) is 0.590. The highest BCUT2D eigenvalue weighted by Crippen LogP contribution is 2.24. The van der Waals surface area contributed by atoms with E-state index in [1.165, 1.54) is 13.8 Å². The molecule has 0 heterocycles. The van der Waals surface area contributed by atoms with E-state index in [4.69, 9.17) is 5.11 Å². The number of carboxylic acid groups (broad SMARTS) is 1. The van der Waals surface area contributed by atoms with Crippen LogP contribution in [0.15, 0.2) is 6.07 Å². The molecule has 0 radical (unpaired) electrons. The van der Waals surface area contributed by atoms with Crippen molar-refractivity contribution in [3.8, 4) is 0 Å². The zero-order chi connectivity index (χ0) is 16.3. The van der Waals surface area contributed by atoms with Crippen LogP contribution in [0, 0.1) is 29.2 Å². The maximum atomic E-state index is 13.3. The van der Waals surface area contributed by atoms with Crippen LogP contribution in [-0.4, -0.2) is 23.1 Å². The van der Waals surface area contributed by atoms with Crippen LogP contribution in [-0.2, 0) is 4.79 Å². The molecule has 0 aliphatic carbocycles. The maximum absolute atomic E-state index is 13.3. The fourth-order valence-electron chi connectivity index (χ4n) is 1.49. The first-order valence-electron chi connectivity index (χ1n) is 5.78. The molecule has 0 aliphatic rings. The zero-order valence-electron chi connectivity index (χ0n) is 11.0. The van der Waals surface area contributed by atoms with Gasteiger partial charge in [0.1, 0.15) is 11.7 Å². The Balaban J connectivity index is 2.97. The number of aliphatic carboxylic acids is 1. The van der Waals surface area contributed by atoms with Gasteiger partial charge < -0.3 is 15.7 Å². The van der Waals surface area contributed by atoms with Crippen LogP contribution in [0.2, 0.25) is 0 Å². The second-order valence-electron chi connectivity index (χ2n) is 4.50. The van der Waals surface area contributed by atoms with Gasteiger partial charge in [0, 0.05) is 6.07 Å². The zero-order valence-corrected chi connectivity index (χ0v) is 11.0. The van der Waals surface area contributed by atoms with Gasteiger partial charge in [-0.25, -0.2) is 27.2 Å². The Morgan fingerprint density at radius 2 is 1.57 bits per heavy atom. The maximum Gasteiger partial charge on any atom is 0.326 e. The number of amides is 2. The number of carboxylic acids is 1. The number of hydrogen-bond donors (Lipinski definition) is 3. The summed E-state index contributed by atoms with van der Waals surface area (Å²) in [6.45, 7) is 2.98. The highest BCUT2D eigenvalue weighted by Gasteiger charge is 2.26. The minimum absolute atomic E-state index is 0.0120. The van der Waals surface area contributed by atoms with Crippen molar-refractivity contribution in [3.63, 3.8) is 0 Å². The van der Waals surface area contributed by atoms with Crippen molar-refractivity contribution >= 4 is 17.7 Å². The molecule has 1 atom stereocenters. The first-order valence-corrected chi connectivity index (χ1v) is 5.78. The topological polar surface area (TPSA) is 78.4 Å². The van der Waals surface area contributed by atoms with Gasteiger partial charge in [0.25, 0.3) is 0 Å². The molecule has 0 saturated carbocycles. The SMILES string of the molecule is CC(C)[C@H](NC(=O)Nc1c(F)c(F)cc(F)c1F)C(=O)O. The third-order valence-electron chi connectivity index (χ3n) is 2.57. The Labute approximate surface area is 117 Å². The van der Waals surface area contributed by atoms with E-state index >= 15 is 0 Å². The van der Waals surface area contributed by atoms with Crippen LogP contribution < -0.4 is 10.6 Å². The molecule has 9 heteroatoms. The molecular formula is C12H12F4N2O3. The number of anilines is 1. The predicted octanol–water partition coefficient (Wildman–Crippen LogP) is 2.47. The van der Waals surface area contributed by atoms with E-state index in [2.05, 4.69) is 0 Å². The minimum Gasteiger partial charge on any atom is -0.480 e. The highest BCUT2D eigenvalue weighted by molar-refractivity contribution is 5.92. The fraction of sp³-hybridized carbons (Fsp3) is 0.333. The number of nitrogens with one attached hydrogen (secondary N) is 2.